The van der Waals surface area contributed by atoms with Gasteiger partial charge in [-0.3, -0.25) is 0 Å². The van der Waals surface area contributed by atoms with Crippen LogP contribution in [0.2, 0.25) is 0 Å². The van der Waals surface area contributed by atoms with Gasteiger partial charge in [-0.15, -0.1) is 0 Å². The van der Waals surface area contributed by atoms with E-state index in [4.69, 9.17) is 0 Å². The van der Waals surface area contributed by atoms with E-state index in [1.54, 1.807) is 0 Å². The Labute approximate surface area is 264 Å². The minimum absolute atomic E-state index is 1.28. The number of hydrogen-bond acceptors (Lipinski definition) is 0. The van der Waals surface area contributed by atoms with E-state index in [1.807, 2.05) is 0 Å². The normalized spacial score (nSPS) is 12.3. The van der Waals surface area contributed by atoms with Crippen molar-refractivity contribution in [3.63, 3.8) is 0 Å². The molecule has 0 unspecified atom stereocenters. The molecule has 0 atom stereocenters. The Bertz CT molecular complexity index is 2910. The Hall–Kier alpha value is -5.98. The highest BCUT2D eigenvalue weighted by Gasteiger charge is 2.09. The minimum Gasteiger partial charge on any atom is -0.0616 e. The van der Waals surface area contributed by atoms with Crippen LogP contribution in [-0.2, 0) is 0 Å². The van der Waals surface area contributed by atoms with Crippen LogP contribution >= 0.6 is 0 Å². The molecule has 0 radical (unpaired) electrons. The SMILES string of the molecule is c1ccc2cc3cc4cc5cc6c(ccc7cc8cc9cc%10cc%11ccccc%11cc%10cc9cc8cc76)cc5cc4cc3cc2c1. The van der Waals surface area contributed by atoms with Gasteiger partial charge in [-0.05, 0) is 205 Å². The van der Waals surface area contributed by atoms with Crippen LogP contribution in [0.5, 0.6) is 0 Å². The average molecular weight is 579 g/mol. The fourth-order valence-electron chi connectivity index (χ4n) is 7.95. The molecule has 0 heterocycles. The molecule has 0 aromatic heterocycles. The van der Waals surface area contributed by atoms with Crippen LogP contribution in [-0.4, -0.2) is 0 Å². The van der Waals surface area contributed by atoms with Crippen LogP contribution < -0.4 is 0 Å². The molecule has 210 valence electrons. The molecule has 0 N–H and O–H groups in total. The van der Waals surface area contributed by atoms with Crippen molar-refractivity contribution in [1.82, 2.24) is 0 Å². The van der Waals surface area contributed by atoms with Crippen molar-refractivity contribution in [1.29, 1.82) is 0 Å². The molecule has 0 fully saturated rings. The van der Waals surface area contributed by atoms with Crippen LogP contribution in [0.15, 0.2) is 158 Å². The second-order valence-corrected chi connectivity index (χ2v) is 13.1. The molecule has 0 spiro atoms. The summed E-state index contributed by atoms with van der Waals surface area (Å²) < 4.78 is 0. The predicted octanol–water partition coefficient (Wildman–Crippen LogP) is 13.2. The number of fused-ring (bicyclic) bond motifs is 11. The smallest absolute Gasteiger partial charge is 0.00988 e. The van der Waals surface area contributed by atoms with Crippen LogP contribution in [0.4, 0.5) is 0 Å². The Morgan fingerprint density at radius 2 is 0.348 bits per heavy atom. The average Bonchev–Trinajstić information content (AvgIpc) is 3.08. The molecule has 0 aliphatic rings. The molecule has 46 heavy (non-hydrogen) atoms. The lowest BCUT2D eigenvalue weighted by molar-refractivity contribution is 1.79. The summed E-state index contributed by atoms with van der Waals surface area (Å²) in [6, 6.07) is 59.6. The lowest BCUT2D eigenvalue weighted by atomic mass is 9.92. The van der Waals surface area contributed by atoms with Gasteiger partial charge in [-0.25, -0.2) is 0 Å². The summed E-state index contributed by atoms with van der Waals surface area (Å²) in [7, 11) is 0. The van der Waals surface area contributed by atoms with E-state index < -0.39 is 0 Å². The molecule has 11 aromatic carbocycles. The number of benzene rings is 11. The van der Waals surface area contributed by atoms with Crippen molar-refractivity contribution >= 4 is 108 Å². The van der Waals surface area contributed by atoms with Crippen molar-refractivity contribution in [2.24, 2.45) is 0 Å². The summed E-state index contributed by atoms with van der Waals surface area (Å²) in [4.78, 5) is 0. The van der Waals surface area contributed by atoms with Crippen molar-refractivity contribution in [3.8, 4) is 0 Å². The molecular formula is C46H26. The lowest BCUT2D eigenvalue weighted by Gasteiger charge is -2.11. The highest BCUT2D eigenvalue weighted by Crippen LogP contribution is 2.37. The predicted molar refractivity (Wildman–Crippen MR) is 202 cm³/mol. The summed E-state index contributed by atoms with van der Waals surface area (Å²) in [5.74, 6) is 0. The quantitative estimate of drug-likeness (QED) is 0.124. The van der Waals surface area contributed by atoms with Crippen molar-refractivity contribution in [3.05, 3.63) is 158 Å². The van der Waals surface area contributed by atoms with E-state index in [0.29, 0.717) is 0 Å². The minimum atomic E-state index is 1.28. The standard InChI is InChI=1S/C46H26/c1-3-7-29-13-35-19-41-23-43-25-45-31(15-37(43)21-39(41)17-33(35)11-27(29)5-1)9-10-32-16-38-22-40-18-34-12-28-6-2-4-8-30(28)14-36(34)20-42(40)24-44(38)26-46(32)45/h1-26H. The van der Waals surface area contributed by atoms with E-state index in [9.17, 15) is 0 Å². The molecule has 0 amide bonds. The van der Waals surface area contributed by atoms with Crippen LogP contribution in [0.25, 0.3) is 108 Å². The van der Waals surface area contributed by atoms with Crippen molar-refractivity contribution in [2.45, 2.75) is 0 Å². The summed E-state index contributed by atoms with van der Waals surface area (Å²) in [5.41, 5.74) is 0. The monoisotopic (exact) mass is 578 g/mol. The zero-order valence-electron chi connectivity index (χ0n) is 25.0. The zero-order valence-corrected chi connectivity index (χ0v) is 25.0. The fraction of sp³-hybridized carbons (Fsp3) is 0. The Kier molecular flexibility index (Phi) is 4.66. The van der Waals surface area contributed by atoms with E-state index in [1.165, 1.54) is 108 Å². The molecule has 0 aliphatic heterocycles. The van der Waals surface area contributed by atoms with Gasteiger partial charge in [0.25, 0.3) is 0 Å². The van der Waals surface area contributed by atoms with Gasteiger partial charge < -0.3 is 0 Å². The Morgan fingerprint density at radius 3 is 0.609 bits per heavy atom. The zero-order chi connectivity index (χ0) is 29.9. The maximum absolute atomic E-state index is 2.41. The second kappa shape index (κ2) is 8.81. The van der Waals surface area contributed by atoms with Crippen molar-refractivity contribution in [2.75, 3.05) is 0 Å². The maximum Gasteiger partial charge on any atom is -0.00988 e. The summed E-state index contributed by atoms with van der Waals surface area (Å²) in [6.07, 6.45) is 0. The second-order valence-electron chi connectivity index (χ2n) is 13.1. The van der Waals surface area contributed by atoms with Gasteiger partial charge in [0, 0.05) is 0 Å². The van der Waals surface area contributed by atoms with Crippen molar-refractivity contribution < 1.29 is 0 Å². The van der Waals surface area contributed by atoms with Crippen LogP contribution in [0.3, 0.4) is 0 Å². The Morgan fingerprint density at radius 1 is 0.152 bits per heavy atom. The molecule has 11 rings (SSSR count). The van der Waals surface area contributed by atoms with Gasteiger partial charge in [0.2, 0.25) is 0 Å². The Balaban J connectivity index is 1.12. The van der Waals surface area contributed by atoms with Crippen LogP contribution in [0.1, 0.15) is 0 Å². The maximum atomic E-state index is 2.41. The van der Waals surface area contributed by atoms with Gasteiger partial charge in [0.15, 0.2) is 0 Å². The molecule has 0 bridgehead atoms. The summed E-state index contributed by atoms with van der Waals surface area (Å²) in [6.45, 7) is 0. The van der Waals surface area contributed by atoms with E-state index >= 15 is 0 Å². The lowest BCUT2D eigenvalue weighted by Crippen LogP contribution is -1.84. The molecule has 0 heteroatoms. The van der Waals surface area contributed by atoms with Gasteiger partial charge in [-0.2, -0.15) is 0 Å². The van der Waals surface area contributed by atoms with Crippen LogP contribution in [0, 0.1) is 0 Å². The van der Waals surface area contributed by atoms with E-state index in [-0.39, 0.29) is 0 Å². The topological polar surface area (TPSA) is 0 Å². The molecule has 0 saturated heterocycles. The fourth-order valence-corrected chi connectivity index (χ4v) is 7.95. The summed E-state index contributed by atoms with van der Waals surface area (Å²) >= 11 is 0. The largest absolute Gasteiger partial charge is 0.0616 e. The van der Waals surface area contributed by atoms with Gasteiger partial charge >= 0.3 is 0 Å². The third-order valence-corrected chi connectivity index (χ3v) is 10.3. The molecular weight excluding hydrogens is 553 g/mol. The molecule has 0 aliphatic carbocycles. The third kappa shape index (κ3) is 3.56. The molecule has 0 nitrogen and oxygen atoms in total. The molecule has 11 aromatic rings. The molecule has 0 saturated carbocycles. The highest BCUT2D eigenvalue weighted by molar-refractivity contribution is 6.18. The first-order chi connectivity index (χ1) is 22.7. The van der Waals surface area contributed by atoms with E-state index in [0.717, 1.165) is 0 Å². The first kappa shape index (κ1) is 24.4. The number of rotatable bonds is 0. The first-order valence-electron chi connectivity index (χ1n) is 16.1. The number of hydrogen-bond donors (Lipinski definition) is 0. The van der Waals surface area contributed by atoms with E-state index in [2.05, 4.69) is 158 Å². The summed E-state index contributed by atoms with van der Waals surface area (Å²) in [5, 5.41) is 25.8. The first-order valence-corrected chi connectivity index (χ1v) is 16.1. The van der Waals surface area contributed by atoms with Gasteiger partial charge in [0.1, 0.15) is 0 Å². The van der Waals surface area contributed by atoms with Gasteiger partial charge in [0.05, 0.1) is 0 Å². The van der Waals surface area contributed by atoms with Gasteiger partial charge in [-0.1, -0.05) is 60.7 Å². The third-order valence-electron chi connectivity index (χ3n) is 10.3. The highest BCUT2D eigenvalue weighted by atomic mass is 14.1.